The Morgan fingerprint density at radius 1 is 1.60 bits per heavy atom. The van der Waals surface area contributed by atoms with Crippen LogP contribution < -0.4 is 0 Å². The third kappa shape index (κ3) is 1.72. The molecule has 0 aromatic carbocycles. The van der Waals surface area contributed by atoms with Crippen LogP contribution in [0.1, 0.15) is 46.5 Å². The van der Waals surface area contributed by atoms with Gasteiger partial charge < -0.3 is 4.74 Å². The standard InChI is InChI=1S/C9H18O/c1-4-9(3)7-5-6-8(2)10-9/h8H,4-7H2,1-3H3. The lowest BCUT2D eigenvalue weighted by Gasteiger charge is -2.36. The molecule has 1 aliphatic rings. The van der Waals surface area contributed by atoms with E-state index in [0.717, 1.165) is 6.42 Å². The zero-order valence-corrected chi connectivity index (χ0v) is 7.31. The summed E-state index contributed by atoms with van der Waals surface area (Å²) in [5.74, 6) is 0. The van der Waals surface area contributed by atoms with Crippen molar-refractivity contribution in [1.29, 1.82) is 0 Å². The Morgan fingerprint density at radius 3 is 2.70 bits per heavy atom. The van der Waals surface area contributed by atoms with Gasteiger partial charge in [0.25, 0.3) is 0 Å². The molecule has 1 heterocycles. The lowest BCUT2D eigenvalue weighted by Crippen LogP contribution is -2.35. The molecule has 2 unspecified atom stereocenters. The second-order valence-electron chi connectivity index (χ2n) is 3.62. The fourth-order valence-corrected chi connectivity index (χ4v) is 1.63. The van der Waals surface area contributed by atoms with Gasteiger partial charge in [0.1, 0.15) is 0 Å². The minimum Gasteiger partial charge on any atom is -0.372 e. The summed E-state index contributed by atoms with van der Waals surface area (Å²) in [6.45, 7) is 6.60. The number of rotatable bonds is 1. The van der Waals surface area contributed by atoms with Gasteiger partial charge in [-0.2, -0.15) is 0 Å². The first-order chi connectivity index (χ1) is 4.66. The molecule has 0 bridgehead atoms. The predicted octanol–water partition coefficient (Wildman–Crippen LogP) is 2.74. The highest BCUT2D eigenvalue weighted by Gasteiger charge is 2.28. The highest BCUT2D eigenvalue weighted by molar-refractivity contribution is 4.79. The monoisotopic (exact) mass is 142 g/mol. The molecule has 1 aliphatic heterocycles. The Bertz CT molecular complexity index is 111. The van der Waals surface area contributed by atoms with Gasteiger partial charge in [-0.25, -0.2) is 0 Å². The first kappa shape index (κ1) is 8.06. The lowest BCUT2D eigenvalue weighted by atomic mass is 9.91. The van der Waals surface area contributed by atoms with Gasteiger partial charge in [0.05, 0.1) is 11.7 Å². The van der Waals surface area contributed by atoms with Gasteiger partial charge in [-0.3, -0.25) is 0 Å². The summed E-state index contributed by atoms with van der Waals surface area (Å²) in [6.07, 6.45) is 5.46. The van der Waals surface area contributed by atoms with Gasteiger partial charge >= 0.3 is 0 Å². The van der Waals surface area contributed by atoms with Crippen LogP contribution in [0.15, 0.2) is 0 Å². The van der Waals surface area contributed by atoms with Crippen molar-refractivity contribution in [3.8, 4) is 0 Å². The van der Waals surface area contributed by atoms with E-state index in [0.29, 0.717) is 6.10 Å². The third-order valence-electron chi connectivity index (χ3n) is 2.55. The van der Waals surface area contributed by atoms with Crippen molar-refractivity contribution >= 4 is 0 Å². The molecule has 0 N–H and O–H groups in total. The van der Waals surface area contributed by atoms with Crippen molar-refractivity contribution in [3.05, 3.63) is 0 Å². The molecule has 0 radical (unpaired) electrons. The van der Waals surface area contributed by atoms with E-state index in [4.69, 9.17) is 4.74 Å². The summed E-state index contributed by atoms with van der Waals surface area (Å²) in [6, 6.07) is 0. The average Bonchev–Trinajstić information content (AvgIpc) is 1.88. The van der Waals surface area contributed by atoms with Crippen LogP contribution in [-0.2, 0) is 4.74 Å². The molecule has 0 aromatic heterocycles. The van der Waals surface area contributed by atoms with Crippen LogP contribution in [0.3, 0.4) is 0 Å². The third-order valence-corrected chi connectivity index (χ3v) is 2.55. The Kier molecular flexibility index (Phi) is 2.35. The van der Waals surface area contributed by atoms with Crippen LogP contribution in [0, 0.1) is 0 Å². The Hall–Kier alpha value is -0.0400. The topological polar surface area (TPSA) is 9.23 Å². The molecule has 1 fully saturated rings. The molecular formula is C9H18O. The van der Waals surface area contributed by atoms with Crippen LogP contribution in [-0.4, -0.2) is 11.7 Å². The zero-order chi connectivity index (χ0) is 7.61. The second-order valence-corrected chi connectivity index (χ2v) is 3.62. The number of ether oxygens (including phenoxy) is 1. The maximum atomic E-state index is 5.82. The molecule has 0 aliphatic carbocycles. The molecule has 60 valence electrons. The van der Waals surface area contributed by atoms with Crippen molar-refractivity contribution in [3.63, 3.8) is 0 Å². The number of hydrogen-bond acceptors (Lipinski definition) is 1. The summed E-state index contributed by atoms with van der Waals surface area (Å²) in [7, 11) is 0. The van der Waals surface area contributed by atoms with Crippen molar-refractivity contribution < 1.29 is 4.74 Å². The van der Waals surface area contributed by atoms with E-state index in [2.05, 4.69) is 20.8 Å². The summed E-state index contributed by atoms with van der Waals surface area (Å²) in [4.78, 5) is 0. The van der Waals surface area contributed by atoms with Gasteiger partial charge in [0.15, 0.2) is 0 Å². The molecule has 1 heteroatoms. The van der Waals surface area contributed by atoms with Crippen molar-refractivity contribution in [2.24, 2.45) is 0 Å². The highest BCUT2D eigenvalue weighted by Crippen LogP contribution is 2.30. The van der Waals surface area contributed by atoms with Crippen LogP contribution in [0.5, 0.6) is 0 Å². The van der Waals surface area contributed by atoms with E-state index in [1.807, 2.05) is 0 Å². The van der Waals surface area contributed by atoms with E-state index in [9.17, 15) is 0 Å². The first-order valence-corrected chi connectivity index (χ1v) is 4.34. The van der Waals surface area contributed by atoms with Crippen LogP contribution in [0.2, 0.25) is 0 Å². The minimum atomic E-state index is 0.192. The molecule has 0 saturated carbocycles. The molecular weight excluding hydrogens is 124 g/mol. The Balaban J connectivity index is 2.45. The summed E-state index contributed by atoms with van der Waals surface area (Å²) in [5, 5.41) is 0. The van der Waals surface area contributed by atoms with Gasteiger partial charge in [-0.15, -0.1) is 0 Å². The normalized spacial score (nSPS) is 41.7. The minimum absolute atomic E-state index is 0.192. The summed E-state index contributed by atoms with van der Waals surface area (Å²) in [5.41, 5.74) is 0.192. The second kappa shape index (κ2) is 2.91. The summed E-state index contributed by atoms with van der Waals surface area (Å²) < 4.78 is 5.82. The molecule has 1 saturated heterocycles. The van der Waals surface area contributed by atoms with Crippen molar-refractivity contribution in [1.82, 2.24) is 0 Å². The largest absolute Gasteiger partial charge is 0.372 e. The van der Waals surface area contributed by atoms with Crippen LogP contribution >= 0.6 is 0 Å². The molecule has 10 heavy (non-hydrogen) atoms. The Labute approximate surface area is 63.8 Å². The maximum absolute atomic E-state index is 5.82. The van der Waals surface area contributed by atoms with Gasteiger partial charge in [0, 0.05) is 0 Å². The van der Waals surface area contributed by atoms with Crippen LogP contribution in [0.4, 0.5) is 0 Å². The highest BCUT2D eigenvalue weighted by atomic mass is 16.5. The first-order valence-electron chi connectivity index (χ1n) is 4.34. The molecule has 2 atom stereocenters. The molecule has 0 aromatic rings. The van der Waals surface area contributed by atoms with E-state index in [1.54, 1.807) is 0 Å². The fraction of sp³-hybridized carbons (Fsp3) is 1.00. The number of hydrogen-bond donors (Lipinski definition) is 0. The van der Waals surface area contributed by atoms with Gasteiger partial charge in [0.2, 0.25) is 0 Å². The van der Waals surface area contributed by atoms with E-state index in [1.165, 1.54) is 19.3 Å². The lowest BCUT2D eigenvalue weighted by molar-refractivity contribution is -0.111. The molecule has 1 rings (SSSR count). The van der Waals surface area contributed by atoms with E-state index < -0.39 is 0 Å². The molecule has 0 spiro atoms. The van der Waals surface area contributed by atoms with Crippen LogP contribution in [0.25, 0.3) is 0 Å². The maximum Gasteiger partial charge on any atom is 0.0655 e. The fourth-order valence-electron chi connectivity index (χ4n) is 1.63. The van der Waals surface area contributed by atoms with Crippen molar-refractivity contribution in [2.45, 2.75) is 58.2 Å². The van der Waals surface area contributed by atoms with Crippen molar-refractivity contribution in [2.75, 3.05) is 0 Å². The molecule has 0 amide bonds. The SMILES string of the molecule is CCC1(C)CCCC(C)O1. The van der Waals surface area contributed by atoms with E-state index in [-0.39, 0.29) is 5.60 Å². The smallest absolute Gasteiger partial charge is 0.0655 e. The Morgan fingerprint density at radius 2 is 2.30 bits per heavy atom. The average molecular weight is 142 g/mol. The molecule has 1 nitrogen and oxygen atoms in total. The zero-order valence-electron chi connectivity index (χ0n) is 7.31. The van der Waals surface area contributed by atoms with E-state index >= 15 is 0 Å². The quantitative estimate of drug-likeness (QED) is 0.547. The van der Waals surface area contributed by atoms with Gasteiger partial charge in [-0.05, 0) is 39.5 Å². The predicted molar refractivity (Wildman–Crippen MR) is 43.1 cm³/mol. The van der Waals surface area contributed by atoms with Gasteiger partial charge in [-0.1, -0.05) is 6.92 Å². The summed E-state index contributed by atoms with van der Waals surface area (Å²) >= 11 is 0.